The summed E-state index contributed by atoms with van der Waals surface area (Å²) >= 11 is 0. The van der Waals surface area contributed by atoms with E-state index in [1.54, 1.807) is 0 Å². The molecule has 0 aromatic carbocycles. The van der Waals surface area contributed by atoms with Crippen LogP contribution in [-0.4, -0.2) is 42.1 Å². The largest absolute Gasteiger partial charge is 0.335 e. The Morgan fingerprint density at radius 2 is 1.72 bits per heavy atom. The fourth-order valence-corrected chi connectivity index (χ4v) is 3.65. The molecule has 3 aliphatic heterocycles. The summed E-state index contributed by atoms with van der Waals surface area (Å²) < 4.78 is 0. The monoisotopic (exact) mass is 251 g/mol. The molecule has 0 aliphatic carbocycles. The van der Waals surface area contributed by atoms with E-state index in [4.69, 9.17) is 0 Å². The number of nitrogens with one attached hydrogen (secondary N) is 2. The number of hydrogen-bond donors (Lipinski definition) is 2. The first-order valence-electron chi connectivity index (χ1n) is 7.52. The number of hydrogen-bond acceptors (Lipinski definition) is 2. The minimum Gasteiger partial charge on any atom is -0.335 e. The first-order valence-corrected chi connectivity index (χ1v) is 7.52. The van der Waals surface area contributed by atoms with E-state index in [2.05, 4.69) is 17.6 Å². The zero-order valence-corrected chi connectivity index (χ0v) is 11.3. The van der Waals surface area contributed by atoms with Gasteiger partial charge in [0.2, 0.25) is 0 Å². The molecule has 3 rings (SSSR count). The highest BCUT2D eigenvalue weighted by Gasteiger charge is 2.34. The van der Waals surface area contributed by atoms with Crippen molar-refractivity contribution in [2.45, 2.75) is 63.6 Å². The third-order valence-corrected chi connectivity index (χ3v) is 4.87. The highest BCUT2D eigenvalue weighted by Crippen LogP contribution is 2.27. The maximum Gasteiger partial charge on any atom is 0.317 e. The van der Waals surface area contributed by atoms with Crippen LogP contribution in [0.1, 0.15) is 45.4 Å². The van der Waals surface area contributed by atoms with Gasteiger partial charge in [-0.05, 0) is 44.4 Å². The maximum absolute atomic E-state index is 12.2. The molecule has 0 spiro atoms. The first-order chi connectivity index (χ1) is 8.70. The van der Waals surface area contributed by atoms with Crippen LogP contribution in [0.3, 0.4) is 0 Å². The molecular weight excluding hydrogens is 226 g/mol. The third-order valence-electron chi connectivity index (χ3n) is 4.87. The summed E-state index contributed by atoms with van der Waals surface area (Å²) in [6.45, 7) is 4.15. The lowest BCUT2D eigenvalue weighted by Crippen LogP contribution is -2.52. The molecule has 2 N–H and O–H groups in total. The molecule has 0 saturated carbocycles. The summed E-state index contributed by atoms with van der Waals surface area (Å²) in [5.41, 5.74) is 0. The van der Waals surface area contributed by atoms with Crippen molar-refractivity contribution >= 4 is 6.03 Å². The molecule has 0 aromatic heterocycles. The van der Waals surface area contributed by atoms with Crippen molar-refractivity contribution in [2.75, 3.05) is 13.1 Å². The number of carbonyl (C=O) groups excluding carboxylic acids is 1. The molecule has 102 valence electrons. The predicted molar refractivity (Wildman–Crippen MR) is 71.5 cm³/mol. The Kier molecular flexibility index (Phi) is 3.46. The normalized spacial score (nSPS) is 36.7. The number of nitrogens with zero attached hydrogens (tertiary/aromatic N) is 1. The van der Waals surface area contributed by atoms with Crippen LogP contribution in [0, 0.1) is 5.92 Å². The minimum absolute atomic E-state index is 0.174. The Hall–Kier alpha value is -0.770. The van der Waals surface area contributed by atoms with Crippen LogP contribution in [-0.2, 0) is 0 Å². The number of urea groups is 1. The predicted octanol–water partition coefficient (Wildman–Crippen LogP) is 1.71. The van der Waals surface area contributed by atoms with E-state index in [9.17, 15) is 4.79 Å². The molecule has 2 atom stereocenters. The van der Waals surface area contributed by atoms with Crippen molar-refractivity contribution < 1.29 is 4.79 Å². The lowest BCUT2D eigenvalue weighted by atomic mass is 9.99. The van der Waals surface area contributed by atoms with E-state index in [-0.39, 0.29) is 6.03 Å². The van der Waals surface area contributed by atoms with Crippen molar-refractivity contribution in [1.82, 2.24) is 15.5 Å². The lowest BCUT2D eigenvalue weighted by molar-refractivity contribution is 0.166. The van der Waals surface area contributed by atoms with Gasteiger partial charge in [0, 0.05) is 31.2 Å². The number of piperidine rings is 2. The van der Waals surface area contributed by atoms with Gasteiger partial charge in [-0.2, -0.15) is 0 Å². The average molecular weight is 251 g/mol. The standard InChI is InChI=1S/C14H25N3O/c1-10-4-6-17(7-5-10)14(18)16-13-8-11-2-3-12(9-13)15-11/h10-13,15H,2-9H2,1H3,(H,16,18). The number of carbonyl (C=O) groups is 1. The molecule has 3 heterocycles. The van der Waals surface area contributed by atoms with Crippen molar-refractivity contribution in [3.05, 3.63) is 0 Å². The van der Waals surface area contributed by atoms with E-state index in [1.807, 2.05) is 4.90 Å². The van der Waals surface area contributed by atoms with Gasteiger partial charge in [-0.25, -0.2) is 4.79 Å². The van der Waals surface area contributed by atoms with E-state index in [0.717, 1.165) is 44.7 Å². The molecular formula is C14H25N3O. The molecule has 3 saturated heterocycles. The molecule has 3 aliphatic rings. The fourth-order valence-electron chi connectivity index (χ4n) is 3.65. The fraction of sp³-hybridized carbons (Fsp3) is 0.929. The number of fused-ring (bicyclic) bond motifs is 2. The second kappa shape index (κ2) is 5.08. The summed E-state index contributed by atoms with van der Waals surface area (Å²) in [7, 11) is 0. The van der Waals surface area contributed by atoms with Gasteiger partial charge >= 0.3 is 6.03 Å². The molecule has 4 heteroatoms. The van der Waals surface area contributed by atoms with Gasteiger partial charge in [0.1, 0.15) is 0 Å². The summed E-state index contributed by atoms with van der Waals surface area (Å²) in [6.07, 6.45) is 7.13. The molecule has 0 aromatic rings. The molecule has 4 nitrogen and oxygen atoms in total. The minimum atomic E-state index is 0.174. The second-order valence-corrected chi connectivity index (χ2v) is 6.43. The smallest absolute Gasteiger partial charge is 0.317 e. The molecule has 2 amide bonds. The van der Waals surface area contributed by atoms with E-state index in [0.29, 0.717) is 18.1 Å². The SMILES string of the molecule is CC1CCN(C(=O)NC2CC3CCC(C2)N3)CC1. The number of amides is 2. The molecule has 2 unspecified atom stereocenters. The Bertz CT molecular complexity index is 300. The van der Waals surface area contributed by atoms with Crippen molar-refractivity contribution in [3.63, 3.8) is 0 Å². The summed E-state index contributed by atoms with van der Waals surface area (Å²) in [4.78, 5) is 14.2. The van der Waals surface area contributed by atoms with Crippen LogP contribution in [0.25, 0.3) is 0 Å². The Balaban J connectivity index is 1.49. The van der Waals surface area contributed by atoms with E-state index < -0.39 is 0 Å². The van der Waals surface area contributed by atoms with Gasteiger partial charge in [-0.3, -0.25) is 0 Å². The summed E-state index contributed by atoms with van der Waals surface area (Å²) in [6, 6.07) is 1.87. The van der Waals surface area contributed by atoms with Crippen LogP contribution in [0.4, 0.5) is 4.79 Å². The lowest BCUT2D eigenvalue weighted by Gasteiger charge is -2.34. The van der Waals surface area contributed by atoms with Gasteiger partial charge in [-0.1, -0.05) is 6.92 Å². The van der Waals surface area contributed by atoms with Crippen LogP contribution in [0.5, 0.6) is 0 Å². The topological polar surface area (TPSA) is 44.4 Å². The first kappa shape index (κ1) is 12.3. The third kappa shape index (κ3) is 2.63. The van der Waals surface area contributed by atoms with E-state index >= 15 is 0 Å². The highest BCUT2D eigenvalue weighted by atomic mass is 16.2. The summed E-state index contributed by atoms with van der Waals surface area (Å²) in [5.74, 6) is 0.781. The zero-order valence-electron chi connectivity index (χ0n) is 11.3. The van der Waals surface area contributed by atoms with Crippen LogP contribution >= 0.6 is 0 Å². The molecule has 3 fully saturated rings. The maximum atomic E-state index is 12.2. The van der Waals surface area contributed by atoms with Gasteiger partial charge in [0.15, 0.2) is 0 Å². The van der Waals surface area contributed by atoms with Gasteiger partial charge in [0.05, 0.1) is 0 Å². The molecule has 2 bridgehead atoms. The number of likely N-dealkylation sites (tertiary alicyclic amines) is 1. The van der Waals surface area contributed by atoms with Crippen molar-refractivity contribution in [3.8, 4) is 0 Å². The van der Waals surface area contributed by atoms with E-state index in [1.165, 1.54) is 12.8 Å². The molecule has 18 heavy (non-hydrogen) atoms. The zero-order chi connectivity index (χ0) is 12.5. The Labute approximate surface area is 109 Å². The van der Waals surface area contributed by atoms with Crippen LogP contribution in [0.2, 0.25) is 0 Å². The second-order valence-electron chi connectivity index (χ2n) is 6.43. The van der Waals surface area contributed by atoms with Crippen molar-refractivity contribution in [2.24, 2.45) is 5.92 Å². The van der Waals surface area contributed by atoms with Gasteiger partial charge < -0.3 is 15.5 Å². The quantitative estimate of drug-likeness (QED) is 0.745. The average Bonchev–Trinajstić information content (AvgIpc) is 2.69. The highest BCUT2D eigenvalue weighted by molar-refractivity contribution is 5.74. The summed E-state index contributed by atoms with van der Waals surface area (Å²) in [5, 5.41) is 6.87. The Morgan fingerprint density at radius 3 is 2.33 bits per heavy atom. The van der Waals surface area contributed by atoms with Crippen LogP contribution in [0.15, 0.2) is 0 Å². The Morgan fingerprint density at radius 1 is 1.11 bits per heavy atom. The number of rotatable bonds is 1. The van der Waals surface area contributed by atoms with Gasteiger partial charge in [0.25, 0.3) is 0 Å². The van der Waals surface area contributed by atoms with Gasteiger partial charge in [-0.15, -0.1) is 0 Å². The van der Waals surface area contributed by atoms with Crippen molar-refractivity contribution in [1.29, 1.82) is 0 Å². The van der Waals surface area contributed by atoms with Crippen LogP contribution < -0.4 is 10.6 Å². The molecule has 0 radical (unpaired) electrons.